The van der Waals surface area contributed by atoms with E-state index in [0.29, 0.717) is 11.7 Å². The SMILES string of the molecule is COC(=O)c1cc(NCC2CCCN2C)ccn1. The van der Waals surface area contributed by atoms with Crippen LogP contribution in [-0.4, -0.2) is 49.1 Å². The fourth-order valence-corrected chi connectivity index (χ4v) is 2.23. The third-order valence-corrected chi connectivity index (χ3v) is 3.37. The van der Waals surface area contributed by atoms with Crippen molar-refractivity contribution in [1.82, 2.24) is 9.88 Å². The van der Waals surface area contributed by atoms with E-state index in [9.17, 15) is 4.79 Å². The molecular formula is C13H19N3O2. The van der Waals surface area contributed by atoms with Gasteiger partial charge in [0.1, 0.15) is 5.69 Å². The molecule has 5 nitrogen and oxygen atoms in total. The summed E-state index contributed by atoms with van der Waals surface area (Å²) >= 11 is 0. The molecule has 0 amide bonds. The Bertz CT molecular complexity index is 422. The molecule has 18 heavy (non-hydrogen) atoms. The number of carbonyl (C=O) groups excluding carboxylic acids is 1. The molecule has 0 aliphatic carbocycles. The first-order valence-corrected chi connectivity index (χ1v) is 6.19. The van der Waals surface area contributed by atoms with Crippen LogP contribution in [0.4, 0.5) is 5.69 Å². The molecule has 5 heteroatoms. The van der Waals surface area contributed by atoms with Crippen LogP contribution in [0.1, 0.15) is 23.3 Å². The molecule has 1 atom stereocenters. The van der Waals surface area contributed by atoms with Gasteiger partial charge in [-0.05, 0) is 38.6 Å². The average Bonchev–Trinajstić information content (AvgIpc) is 2.81. The quantitative estimate of drug-likeness (QED) is 0.817. The summed E-state index contributed by atoms with van der Waals surface area (Å²) in [6, 6.07) is 4.15. The van der Waals surface area contributed by atoms with Crippen LogP contribution < -0.4 is 5.32 Å². The topological polar surface area (TPSA) is 54.5 Å². The first-order chi connectivity index (χ1) is 8.70. The molecule has 1 saturated heterocycles. The number of rotatable bonds is 4. The number of hydrogen-bond acceptors (Lipinski definition) is 5. The summed E-state index contributed by atoms with van der Waals surface area (Å²) in [6.45, 7) is 2.05. The lowest BCUT2D eigenvalue weighted by Gasteiger charge is -2.20. The van der Waals surface area contributed by atoms with E-state index in [1.165, 1.54) is 20.0 Å². The van der Waals surface area contributed by atoms with Crippen molar-refractivity contribution in [3.63, 3.8) is 0 Å². The molecule has 98 valence electrons. The summed E-state index contributed by atoms with van der Waals surface area (Å²) in [5.74, 6) is -0.406. The van der Waals surface area contributed by atoms with Crippen molar-refractivity contribution in [2.24, 2.45) is 0 Å². The molecule has 0 bridgehead atoms. The molecule has 1 aliphatic rings. The zero-order valence-electron chi connectivity index (χ0n) is 10.8. The Morgan fingerprint density at radius 2 is 2.50 bits per heavy atom. The highest BCUT2D eigenvalue weighted by molar-refractivity contribution is 5.88. The van der Waals surface area contributed by atoms with Crippen LogP contribution in [0.2, 0.25) is 0 Å². The van der Waals surface area contributed by atoms with Crippen LogP contribution in [0, 0.1) is 0 Å². The molecule has 2 heterocycles. The fourth-order valence-electron chi connectivity index (χ4n) is 2.23. The van der Waals surface area contributed by atoms with E-state index in [4.69, 9.17) is 0 Å². The first-order valence-electron chi connectivity index (χ1n) is 6.19. The smallest absolute Gasteiger partial charge is 0.356 e. The number of hydrogen-bond donors (Lipinski definition) is 1. The summed E-state index contributed by atoms with van der Waals surface area (Å²) in [5.41, 5.74) is 1.24. The summed E-state index contributed by atoms with van der Waals surface area (Å²) in [7, 11) is 3.50. The molecule has 0 aromatic carbocycles. The second kappa shape index (κ2) is 5.82. The number of methoxy groups -OCH3 is 1. The largest absolute Gasteiger partial charge is 0.464 e. The van der Waals surface area contributed by atoms with Crippen molar-refractivity contribution < 1.29 is 9.53 Å². The number of likely N-dealkylation sites (N-methyl/N-ethyl adjacent to an activating group) is 1. The molecule has 1 aromatic rings. The van der Waals surface area contributed by atoms with Gasteiger partial charge in [-0.3, -0.25) is 0 Å². The van der Waals surface area contributed by atoms with Crippen LogP contribution in [0.15, 0.2) is 18.3 Å². The van der Waals surface area contributed by atoms with Crippen LogP contribution in [-0.2, 0) is 4.74 Å². The second-order valence-electron chi connectivity index (χ2n) is 4.58. The highest BCUT2D eigenvalue weighted by Gasteiger charge is 2.20. The Balaban J connectivity index is 1.95. The minimum absolute atomic E-state index is 0.335. The number of carbonyl (C=O) groups is 1. The van der Waals surface area contributed by atoms with E-state index in [-0.39, 0.29) is 0 Å². The highest BCUT2D eigenvalue weighted by Crippen LogP contribution is 2.16. The second-order valence-corrected chi connectivity index (χ2v) is 4.58. The number of aromatic nitrogens is 1. The first kappa shape index (κ1) is 12.8. The number of nitrogens with one attached hydrogen (secondary N) is 1. The number of pyridine rings is 1. The number of nitrogens with zero attached hydrogens (tertiary/aromatic N) is 2. The Labute approximate surface area is 107 Å². The van der Waals surface area contributed by atoms with Crippen LogP contribution in [0.5, 0.6) is 0 Å². The molecule has 1 fully saturated rings. The van der Waals surface area contributed by atoms with Crippen LogP contribution >= 0.6 is 0 Å². The van der Waals surface area contributed by atoms with Crippen LogP contribution in [0.3, 0.4) is 0 Å². The van der Waals surface area contributed by atoms with Gasteiger partial charge in [0.2, 0.25) is 0 Å². The van der Waals surface area contributed by atoms with Gasteiger partial charge in [0.15, 0.2) is 0 Å². The van der Waals surface area contributed by atoms with Crippen molar-refractivity contribution in [2.75, 3.05) is 32.6 Å². The van der Waals surface area contributed by atoms with Gasteiger partial charge in [-0.25, -0.2) is 9.78 Å². The lowest BCUT2D eigenvalue weighted by atomic mass is 10.2. The minimum Gasteiger partial charge on any atom is -0.464 e. The van der Waals surface area contributed by atoms with E-state index in [1.54, 1.807) is 12.3 Å². The summed E-state index contributed by atoms with van der Waals surface area (Å²) in [6.07, 6.45) is 4.10. The zero-order valence-corrected chi connectivity index (χ0v) is 10.8. The Morgan fingerprint density at radius 3 is 3.17 bits per heavy atom. The third kappa shape index (κ3) is 2.98. The Kier molecular flexibility index (Phi) is 4.15. The van der Waals surface area contributed by atoms with Gasteiger partial charge in [-0.2, -0.15) is 0 Å². The third-order valence-electron chi connectivity index (χ3n) is 3.37. The molecule has 2 rings (SSSR count). The lowest BCUT2D eigenvalue weighted by Crippen LogP contribution is -2.31. The molecular weight excluding hydrogens is 230 g/mol. The fraction of sp³-hybridized carbons (Fsp3) is 0.538. The number of likely N-dealkylation sites (tertiary alicyclic amines) is 1. The van der Waals surface area contributed by atoms with E-state index in [2.05, 4.69) is 27.0 Å². The van der Waals surface area contributed by atoms with Crippen molar-refractivity contribution in [3.8, 4) is 0 Å². The summed E-state index contributed by atoms with van der Waals surface area (Å²) < 4.78 is 4.65. The molecule has 0 spiro atoms. The average molecular weight is 249 g/mol. The maximum atomic E-state index is 11.4. The van der Waals surface area contributed by atoms with Crippen molar-refractivity contribution in [1.29, 1.82) is 0 Å². The number of anilines is 1. The zero-order chi connectivity index (χ0) is 13.0. The van der Waals surface area contributed by atoms with Gasteiger partial charge >= 0.3 is 5.97 Å². The van der Waals surface area contributed by atoms with Crippen LogP contribution in [0.25, 0.3) is 0 Å². The Morgan fingerprint density at radius 1 is 1.67 bits per heavy atom. The lowest BCUT2D eigenvalue weighted by molar-refractivity contribution is 0.0594. The Hall–Kier alpha value is -1.62. The maximum absolute atomic E-state index is 11.4. The molecule has 1 unspecified atom stereocenters. The number of esters is 1. The predicted molar refractivity (Wildman–Crippen MR) is 69.7 cm³/mol. The molecule has 1 N–H and O–H groups in total. The summed E-state index contributed by atoms with van der Waals surface area (Å²) in [5, 5.41) is 3.35. The van der Waals surface area contributed by atoms with Gasteiger partial charge in [0.25, 0.3) is 0 Å². The predicted octanol–water partition coefficient (Wildman–Crippen LogP) is 1.37. The molecule has 1 aromatic heterocycles. The monoisotopic (exact) mass is 249 g/mol. The van der Waals surface area contributed by atoms with Crippen molar-refractivity contribution >= 4 is 11.7 Å². The summed E-state index contributed by atoms with van der Waals surface area (Å²) in [4.78, 5) is 17.7. The standard InChI is InChI=1S/C13H19N3O2/c1-16-7-3-4-11(16)9-15-10-5-6-14-12(8-10)13(17)18-2/h5-6,8,11H,3-4,7,9H2,1-2H3,(H,14,15). The molecule has 0 saturated carbocycles. The maximum Gasteiger partial charge on any atom is 0.356 e. The van der Waals surface area contributed by atoms with Gasteiger partial charge < -0.3 is 15.0 Å². The molecule has 0 radical (unpaired) electrons. The number of ether oxygens (including phenoxy) is 1. The normalized spacial score (nSPS) is 19.8. The van der Waals surface area contributed by atoms with E-state index in [1.807, 2.05) is 6.07 Å². The highest BCUT2D eigenvalue weighted by atomic mass is 16.5. The van der Waals surface area contributed by atoms with Gasteiger partial charge in [-0.1, -0.05) is 0 Å². The van der Waals surface area contributed by atoms with Gasteiger partial charge in [0.05, 0.1) is 7.11 Å². The van der Waals surface area contributed by atoms with Gasteiger partial charge in [0, 0.05) is 24.5 Å². The van der Waals surface area contributed by atoms with E-state index >= 15 is 0 Å². The van der Waals surface area contributed by atoms with E-state index < -0.39 is 5.97 Å². The van der Waals surface area contributed by atoms with E-state index in [0.717, 1.165) is 18.8 Å². The van der Waals surface area contributed by atoms with Crippen molar-refractivity contribution in [2.45, 2.75) is 18.9 Å². The molecule has 1 aliphatic heterocycles. The van der Waals surface area contributed by atoms with Crippen molar-refractivity contribution in [3.05, 3.63) is 24.0 Å². The minimum atomic E-state index is -0.406. The van der Waals surface area contributed by atoms with Gasteiger partial charge in [-0.15, -0.1) is 0 Å².